The number of rotatable bonds is 49. The minimum Gasteiger partial charge on any atom is -0.205 e. The van der Waals surface area contributed by atoms with Gasteiger partial charge in [0.05, 0.1) is 0 Å². The molecule has 1 nitrogen and oxygen atoms in total. The summed E-state index contributed by atoms with van der Waals surface area (Å²) in [4.78, 5) is 0. The van der Waals surface area contributed by atoms with Gasteiger partial charge in [-0.15, -0.1) is 0 Å². The summed E-state index contributed by atoms with van der Waals surface area (Å²) in [5.74, 6) is 0. The van der Waals surface area contributed by atoms with E-state index in [1.54, 1.807) is 11.1 Å². The Morgan fingerprint density at radius 1 is 0.241 bits per heavy atom. The molecule has 0 bridgehead atoms. The molecule has 0 fully saturated rings. The zero-order valence-electron chi connectivity index (χ0n) is 40.8. The Morgan fingerprint density at radius 3 is 0.655 bits per heavy atom. The standard InChI is InChI=1S/C57H110N/c1-4-7-10-13-16-19-22-25-27-29-31-33-35-38-41-44-47-50-56-53-57(55-58(54-56)52-49-46-43-40-37-24-21-18-15-12-9-6-3)51-48-45-42-39-36-34-32-30-28-26-23-20-17-14-11-8-5-2/h53-55H,4-52H2,1-3H3/q+1. The van der Waals surface area contributed by atoms with Crippen LogP contribution in [0.4, 0.5) is 0 Å². The third-order valence-electron chi connectivity index (χ3n) is 13.4. The van der Waals surface area contributed by atoms with Crippen molar-refractivity contribution in [1.82, 2.24) is 0 Å². The van der Waals surface area contributed by atoms with Gasteiger partial charge in [0.15, 0.2) is 12.4 Å². The van der Waals surface area contributed by atoms with E-state index in [9.17, 15) is 0 Å². The van der Waals surface area contributed by atoms with Crippen molar-refractivity contribution in [2.24, 2.45) is 0 Å². The first kappa shape index (κ1) is 55.2. The fourth-order valence-electron chi connectivity index (χ4n) is 9.42. The van der Waals surface area contributed by atoms with Gasteiger partial charge in [-0.05, 0) is 38.2 Å². The third-order valence-corrected chi connectivity index (χ3v) is 13.4. The van der Waals surface area contributed by atoms with Crippen LogP contribution in [0.5, 0.6) is 0 Å². The summed E-state index contributed by atoms with van der Waals surface area (Å²) in [6.45, 7) is 8.17. The van der Waals surface area contributed by atoms with E-state index in [1.165, 1.54) is 315 Å². The summed E-state index contributed by atoms with van der Waals surface area (Å²) in [5.41, 5.74) is 3.23. The molecule has 342 valence electrons. The molecule has 0 aliphatic heterocycles. The number of hydrogen-bond donors (Lipinski definition) is 0. The Morgan fingerprint density at radius 2 is 0.431 bits per heavy atom. The van der Waals surface area contributed by atoms with Crippen LogP contribution in [0.3, 0.4) is 0 Å². The molecule has 0 unspecified atom stereocenters. The monoisotopic (exact) mass is 809 g/mol. The fourth-order valence-corrected chi connectivity index (χ4v) is 9.42. The summed E-state index contributed by atoms with van der Waals surface area (Å²) in [7, 11) is 0. The third kappa shape index (κ3) is 40.6. The molecule has 0 saturated heterocycles. The predicted molar refractivity (Wildman–Crippen MR) is 263 cm³/mol. The van der Waals surface area contributed by atoms with E-state index in [2.05, 4.69) is 43.8 Å². The van der Waals surface area contributed by atoms with Gasteiger partial charge in [-0.3, -0.25) is 0 Å². The molecular formula is C57H110N+. The van der Waals surface area contributed by atoms with Gasteiger partial charge in [0.25, 0.3) is 0 Å². The summed E-state index contributed by atoms with van der Waals surface area (Å²) in [5, 5.41) is 0. The van der Waals surface area contributed by atoms with Gasteiger partial charge in [-0.1, -0.05) is 290 Å². The summed E-state index contributed by atoms with van der Waals surface area (Å²) < 4.78 is 2.60. The van der Waals surface area contributed by atoms with Crippen molar-refractivity contribution in [3.05, 3.63) is 29.6 Å². The largest absolute Gasteiger partial charge is 0.205 e. The maximum Gasteiger partial charge on any atom is 0.171 e. The Balaban J connectivity index is 2.25. The van der Waals surface area contributed by atoms with Crippen molar-refractivity contribution < 1.29 is 4.57 Å². The summed E-state index contributed by atoms with van der Waals surface area (Å²) >= 11 is 0. The predicted octanol–water partition coefficient (Wildman–Crippen LogP) is 20.1. The molecule has 0 amide bonds. The summed E-state index contributed by atoms with van der Waals surface area (Å²) in [6, 6.07) is 2.59. The van der Waals surface area contributed by atoms with Gasteiger partial charge in [0.2, 0.25) is 0 Å². The minimum atomic E-state index is 1.22. The molecule has 1 rings (SSSR count). The first-order valence-corrected chi connectivity index (χ1v) is 27.8. The molecule has 0 N–H and O–H groups in total. The first-order valence-electron chi connectivity index (χ1n) is 27.8. The van der Waals surface area contributed by atoms with Crippen molar-refractivity contribution in [2.45, 2.75) is 336 Å². The molecule has 0 saturated carbocycles. The van der Waals surface area contributed by atoms with Crippen LogP contribution in [0, 0.1) is 0 Å². The normalized spacial score (nSPS) is 11.6. The molecule has 0 spiro atoms. The van der Waals surface area contributed by atoms with Crippen molar-refractivity contribution >= 4 is 0 Å². The lowest BCUT2D eigenvalue weighted by molar-refractivity contribution is -0.698. The molecule has 1 heterocycles. The van der Waals surface area contributed by atoms with Gasteiger partial charge in [0.1, 0.15) is 6.54 Å². The Kier molecular flexibility index (Phi) is 44.9. The van der Waals surface area contributed by atoms with Crippen LogP contribution < -0.4 is 4.57 Å². The molecule has 1 heteroatoms. The molecule has 58 heavy (non-hydrogen) atoms. The van der Waals surface area contributed by atoms with Crippen molar-refractivity contribution in [1.29, 1.82) is 0 Å². The van der Waals surface area contributed by atoms with Gasteiger partial charge < -0.3 is 0 Å². The SMILES string of the molecule is CCCCCCCCCCCCCCCCCCCc1cc(CCCCCCCCCCCCCCCCCCC)c[n+](CCCCCCCCCCCCCC)c1. The highest BCUT2D eigenvalue weighted by Gasteiger charge is 2.09. The number of pyridine rings is 1. The Hall–Kier alpha value is -0.850. The highest BCUT2D eigenvalue weighted by Crippen LogP contribution is 2.18. The quantitative estimate of drug-likeness (QED) is 0.0456. The van der Waals surface area contributed by atoms with Crippen molar-refractivity contribution in [3.63, 3.8) is 0 Å². The van der Waals surface area contributed by atoms with E-state index in [4.69, 9.17) is 0 Å². The van der Waals surface area contributed by atoms with Crippen LogP contribution in [0.2, 0.25) is 0 Å². The maximum atomic E-state index is 2.60. The van der Waals surface area contributed by atoms with E-state index in [-0.39, 0.29) is 0 Å². The fraction of sp³-hybridized carbons (Fsp3) is 0.912. The van der Waals surface area contributed by atoms with E-state index in [1.807, 2.05) is 0 Å². The van der Waals surface area contributed by atoms with Crippen molar-refractivity contribution in [3.8, 4) is 0 Å². The Bertz CT molecular complexity index is 848. The molecular weight excluding hydrogens is 699 g/mol. The van der Waals surface area contributed by atoms with Gasteiger partial charge in [-0.25, -0.2) is 4.57 Å². The molecule has 1 aromatic rings. The average Bonchev–Trinajstić information content (AvgIpc) is 3.23. The van der Waals surface area contributed by atoms with Gasteiger partial charge in [0, 0.05) is 17.5 Å². The number of aromatic nitrogens is 1. The summed E-state index contributed by atoms with van der Waals surface area (Å²) in [6.07, 6.45) is 74.2. The lowest BCUT2D eigenvalue weighted by atomic mass is 10.0. The second kappa shape index (κ2) is 47.2. The van der Waals surface area contributed by atoms with Crippen LogP contribution in [0.1, 0.15) is 327 Å². The van der Waals surface area contributed by atoms with Crippen LogP contribution in [0.25, 0.3) is 0 Å². The highest BCUT2D eigenvalue weighted by atomic mass is 14.9. The average molecular weight is 810 g/mol. The van der Waals surface area contributed by atoms with E-state index < -0.39 is 0 Å². The molecule has 0 aliphatic rings. The van der Waals surface area contributed by atoms with Crippen molar-refractivity contribution in [2.75, 3.05) is 0 Å². The number of unbranched alkanes of at least 4 members (excludes halogenated alkanes) is 43. The van der Waals surface area contributed by atoms with Gasteiger partial charge >= 0.3 is 0 Å². The molecule has 1 aromatic heterocycles. The zero-order valence-corrected chi connectivity index (χ0v) is 40.8. The highest BCUT2D eigenvalue weighted by molar-refractivity contribution is 5.15. The zero-order chi connectivity index (χ0) is 41.5. The van der Waals surface area contributed by atoms with Crippen LogP contribution in [-0.4, -0.2) is 0 Å². The molecule has 0 aromatic carbocycles. The number of nitrogens with zero attached hydrogens (tertiary/aromatic N) is 1. The van der Waals surface area contributed by atoms with Gasteiger partial charge in [-0.2, -0.15) is 0 Å². The lowest BCUT2D eigenvalue weighted by Crippen LogP contribution is -2.34. The molecule has 0 atom stereocenters. The number of hydrogen-bond acceptors (Lipinski definition) is 0. The molecule has 0 radical (unpaired) electrons. The van der Waals surface area contributed by atoms with E-state index in [0.717, 1.165) is 0 Å². The van der Waals surface area contributed by atoms with E-state index >= 15 is 0 Å². The second-order valence-electron chi connectivity index (χ2n) is 19.5. The lowest BCUT2D eigenvalue weighted by Gasteiger charge is -2.08. The smallest absolute Gasteiger partial charge is 0.171 e. The number of aryl methyl sites for hydroxylation is 3. The first-order chi connectivity index (χ1) is 28.8. The topological polar surface area (TPSA) is 3.88 Å². The molecule has 0 aliphatic carbocycles. The second-order valence-corrected chi connectivity index (χ2v) is 19.5. The minimum absolute atomic E-state index is 1.22. The Labute approximate surface area is 368 Å². The van der Waals surface area contributed by atoms with E-state index in [0.29, 0.717) is 0 Å². The van der Waals surface area contributed by atoms with Crippen LogP contribution in [0.15, 0.2) is 18.5 Å². The maximum absolute atomic E-state index is 2.60. The van der Waals surface area contributed by atoms with Crippen LogP contribution >= 0.6 is 0 Å². The van der Waals surface area contributed by atoms with Crippen LogP contribution in [-0.2, 0) is 19.4 Å².